The Morgan fingerprint density at radius 1 is 1.71 bits per heavy atom. The maximum atomic E-state index is 12.2. The zero-order chi connectivity index (χ0) is 12.3. The molecule has 1 fully saturated rings. The van der Waals surface area contributed by atoms with Crippen LogP contribution >= 0.6 is 11.8 Å². The Balaban J connectivity index is 2.09. The monoisotopic (exact) mass is 252 g/mol. The van der Waals surface area contributed by atoms with Crippen LogP contribution in [0.1, 0.15) is 16.8 Å². The summed E-state index contributed by atoms with van der Waals surface area (Å²) in [5.74, 6) is 0.277. The van der Waals surface area contributed by atoms with Gasteiger partial charge in [-0.2, -0.15) is 0 Å². The van der Waals surface area contributed by atoms with Crippen LogP contribution in [0.25, 0.3) is 0 Å². The largest absolute Gasteiger partial charge is 0.396 e. The molecule has 0 radical (unpaired) electrons. The van der Waals surface area contributed by atoms with Crippen LogP contribution < -0.4 is 0 Å². The third-order valence-electron chi connectivity index (χ3n) is 3.02. The molecule has 1 N–H and O–H groups in total. The highest BCUT2D eigenvalue weighted by Crippen LogP contribution is 2.19. The molecule has 1 aliphatic rings. The Bertz CT molecular complexity index is 411. The van der Waals surface area contributed by atoms with Crippen LogP contribution in [0.15, 0.2) is 23.4 Å². The van der Waals surface area contributed by atoms with Gasteiger partial charge in [0.15, 0.2) is 0 Å². The van der Waals surface area contributed by atoms with Gasteiger partial charge in [0.25, 0.3) is 5.91 Å². The van der Waals surface area contributed by atoms with Crippen LogP contribution in [0.4, 0.5) is 0 Å². The summed E-state index contributed by atoms with van der Waals surface area (Å²) in [6, 6.07) is 3.56. The Morgan fingerprint density at radius 2 is 2.53 bits per heavy atom. The molecular formula is C12H16N2O2S. The number of nitrogens with zero attached hydrogens (tertiary/aromatic N) is 2. The van der Waals surface area contributed by atoms with Crippen molar-refractivity contribution >= 4 is 17.7 Å². The topological polar surface area (TPSA) is 53.4 Å². The minimum absolute atomic E-state index is 0.0404. The van der Waals surface area contributed by atoms with Crippen molar-refractivity contribution in [3.8, 4) is 0 Å². The molecule has 1 aromatic heterocycles. The SMILES string of the molecule is CSc1cc(C(=O)N2CCC(CO)C2)ccn1. The fourth-order valence-corrected chi connectivity index (χ4v) is 2.41. The maximum absolute atomic E-state index is 12.2. The number of pyridine rings is 1. The summed E-state index contributed by atoms with van der Waals surface area (Å²) in [5, 5.41) is 9.92. The Morgan fingerprint density at radius 3 is 3.18 bits per heavy atom. The minimum Gasteiger partial charge on any atom is -0.396 e. The van der Waals surface area contributed by atoms with Gasteiger partial charge in [-0.05, 0) is 24.8 Å². The molecule has 2 rings (SSSR count). The zero-order valence-corrected chi connectivity index (χ0v) is 10.6. The van der Waals surface area contributed by atoms with Crippen LogP contribution in [0.2, 0.25) is 0 Å². The standard InChI is InChI=1S/C12H16N2O2S/c1-17-11-6-10(2-4-13-11)12(16)14-5-3-9(7-14)8-15/h2,4,6,9,15H,3,5,7-8H2,1H3. The van der Waals surface area contributed by atoms with Gasteiger partial charge in [-0.3, -0.25) is 4.79 Å². The summed E-state index contributed by atoms with van der Waals surface area (Å²) in [4.78, 5) is 18.1. The number of aliphatic hydroxyl groups is 1. The molecule has 4 nitrogen and oxygen atoms in total. The van der Waals surface area contributed by atoms with Gasteiger partial charge in [-0.25, -0.2) is 4.98 Å². The van der Waals surface area contributed by atoms with Crippen molar-refractivity contribution in [1.82, 2.24) is 9.88 Å². The third-order valence-corrected chi connectivity index (χ3v) is 3.66. The third kappa shape index (κ3) is 2.79. The average molecular weight is 252 g/mol. The van der Waals surface area contributed by atoms with E-state index in [1.807, 2.05) is 12.3 Å². The lowest BCUT2D eigenvalue weighted by Crippen LogP contribution is -2.29. The second-order valence-corrected chi connectivity index (χ2v) is 5.00. The summed E-state index contributed by atoms with van der Waals surface area (Å²) in [5.41, 5.74) is 0.683. The zero-order valence-electron chi connectivity index (χ0n) is 9.80. The molecule has 0 aliphatic carbocycles. The lowest BCUT2D eigenvalue weighted by Gasteiger charge is -2.16. The lowest BCUT2D eigenvalue weighted by atomic mass is 10.1. The van der Waals surface area contributed by atoms with Gasteiger partial charge in [0, 0.05) is 37.4 Å². The van der Waals surface area contributed by atoms with Crippen LogP contribution in [0, 0.1) is 5.92 Å². The molecule has 1 aliphatic heterocycles. The van der Waals surface area contributed by atoms with Gasteiger partial charge >= 0.3 is 0 Å². The molecular weight excluding hydrogens is 236 g/mol. The molecule has 2 heterocycles. The summed E-state index contributed by atoms with van der Waals surface area (Å²) in [6.45, 7) is 1.56. The van der Waals surface area contributed by atoms with Gasteiger partial charge in [-0.15, -0.1) is 11.8 Å². The van der Waals surface area contributed by atoms with E-state index in [1.165, 1.54) is 11.8 Å². The van der Waals surface area contributed by atoms with Crippen LogP contribution in [-0.4, -0.2) is 46.8 Å². The molecule has 5 heteroatoms. The first-order valence-corrected chi connectivity index (χ1v) is 6.87. The van der Waals surface area contributed by atoms with Crippen LogP contribution in [0.3, 0.4) is 0 Å². The van der Waals surface area contributed by atoms with E-state index in [9.17, 15) is 4.79 Å². The first-order chi connectivity index (χ1) is 8.24. The van der Waals surface area contributed by atoms with Crippen molar-refractivity contribution < 1.29 is 9.90 Å². The van der Waals surface area contributed by atoms with Crippen molar-refractivity contribution in [2.24, 2.45) is 5.92 Å². The molecule has 0 bridgehead atoms. The normalized spacial score (nSPS) is 19.6. The van der Waals surface area contributed by atoms with E-state index in [0.717, 1.165) is 18.0 Å². The minimum atomic E-state index is 0.0404. The van der Waals surface area contributed by atoms with E-state index < -0.39 is 0 Å². The van der Waals surface area contributed by atoms with Gasteiger partial charge in [-0.1, -0.05) is 0 Å². The molecule has 1 saturated heterocycles. The van der Waals surface area contributed by atoms with Gasteiger partial charge in [0.1, 0.15) is 0 Å². The van der Waals surface area contributed by atoms with Crippen molar-refractivity contribution in [2.45, 2.75) is 11.4 Å². The van der Waals surface area contributed by atoms with Crippen molar-refractivity contribution in [2.75, 3.05) is 26.0 Å². The number of aromatic nitrogens is 1. The van der Waals surface area contributed by atoms with E-state index in [0.29, 0.717) is 12.1 Å². The molecule has 0 spiro atoms. The number of carbonyl (C=O) groups is 1. The average Bonchev–Trinajstić information content (AvgIpc) is 2.86. The number of thioether (sulfide) groups is 1. The second-order valence-electron chi connectivity index (χ2n) is 4.18. The number of aliphatic hydroxyl groups excluding tert-OH is 1. The predicted octanol–water partition coefficient (Wildman–Crippen LogP) is 1.26. The summed E-state index contributed by atoms with van der Waals surface area (Å²) in [7, 11) is 0. The van der Waals surface area contributed by atoms with Gasteiger partial charge in [0.05, 0.1) is 5.03 Å². The van der Waals surface area contributed by atoms with E-state index in [2.05, 4.69) is 4.98 Å². The fourth-order valence-electron chi connectivity index (χ4n) is 2.00. The van der Waals surface area contributed by atoms with Gasteiger partial charge < -0.3 is 10.0 Å². The van der Waals surface area contributed by atoms with Crippen molar-refractivity contribution in [1.29, 1.82) is 0 Å². The molecule has 17 heavy (non-hydrogen) atoms. The highest BCUT2D eigenvalue weighted by atomic mass is 32.2. The number of rotatable bonds is 3. The highest BCUT2D eigenvalue weighted by Gasteiger charge is 2.26. The molecule has 1 amide bonds. The molecule has 1 aromatic rings. The van der Waals surface area contributed by atoms with Crippen LogP contribution in [0.5, 0.6) is 0 Å². The molecule has 92 valence electrons. The van der Waals surface area contributed by atoms with Crippen molar-refractivity contribution in [3.63, 3.8) is 0 Å². The summed E-state index contributed by atoms with van der Waals surface area (Å²) in [6.07, 6.45) is 4.50. The van der Waals surface area contributed by atoms with E-state index in [1.54, 1.807) is 17.2 Å². The molecule has 0 aromatic carbocycles. The number of amides is 1. The smallest absolute Gasteiger partial charge is 0.254 e. The number of carbonyl (C=O) groups excluding carboxylic acids is 1. The van der Waals surface area contributed by atoms with Crippen molar-refractivity contribution in [3.05, 3.63) is 23.9 Å². The summed E-state index contributed by atoms with van der Waals surface area (Å²) >= 11 is 1.53. The summed E-state index contributed by atoms with van der Waals surface area (Å²) < 4.78 is 0. The quantitative estimate of drug-likeness (QED) is 0.823. The second kappa shape index (κ2) is 5.51. The van der Waals surface area contributed by atoms with E-state index in [4.69, 9.17) is 5.11 Å². The fraction of sp³-hybridized carbons (Fsp3) is 0.500. The predicted molar refractivity (Wildman–Crippen MR) is 67.1 cm³/mol. The first kappa shape index (κ1) is 12.4. The first-order valence-electron chi connectivity index (χ1n) is 5.64. The number of hydrogen-bond donors (Lipinski definition) is 1. The maximum Gasteiger partial charge on any atom is 0.254 e. The van der Waals surface area contributed by atoms with Gasteiger partial charge in [0.2, 0.25) is 0 Å². The Labute approximate surface area is 105 Å². The van der Waals surface area contributed by atoms with E-state index in [-0.39, 0.29) is 18.4 Å². The molecule has 0 saturated carbocycles. The Kier molecular flexibility index (Phi) is 4.02. The number of hydrogen-bond acceptors (Lipinski definition) is 4. The van der Waals surface area contributed by atoms with Crippen LogP contribution in [-0.2, 0) is 0 Å². The van der Waals surface area contributed by atoms with E-state index >= 15 is 0 Å². The molecule has 1 unspecified atom stereocenters. The Hall–Kier alpha value is -1.07. The lowest BCUT2D eigenvalue weighted by molar-refractivity contribution is 0.0781. The number of likely N-dealkylation sites (tertiary alicyclic amines) is 1. The molecule has 1 atom stereocenters. The highest BCUT2D eigenvalue weighted by molar-refractivity contribution is 7.98.